The van der Waals surface area contributed by atoms with E-state index in [1.807, 2.05) is 13.8 Å². The number of nitrogens with one attached hydrogen (secondary N) is 4. The summed E-state index contributed by atoms with van der Waals surface area (Å²) in [5, 5.41) is 16.7. The molecule has 0 spiro atoms. The second-order valence-corrected chi connectivity index (χ2v) is 7.88. The molecule has 0 aromatic carbocycles. The van der Waals surface area contributed by atoms with Crippen LogP contribution in [-0.2, 0) is 30.4 Å². The first-order valence-electron chi connectivity index (χ1n) is 10.1. The van der Waals surface area contributed by atoms with Crippen LogP contribution in [0.2, 0.25) is 0 Å². The summed E-state index contributed by atoms with van der Waals surface area (Å²) >= 11 is 0. The molecule has 1 rings (SSSR count). The van der Waals surface area contributed by atoms with Gasteiger partial charge in [-0.1, -0.05) is 13.8 Å². The Balaban J connectivity index is 2.79. The number of carboxylic acid groups (broad SMARTS) is 1. The smallest absolute Gasteiger partial charge is 0.326 e. The lowest BCUT2D eigenvalue weighted by molar-refractivity contribution is -0.142. The highest BCUT2D eigenvalue weighted by molar-refractivity contribution is 5.94. The number of aromatic amines is 1. The largest absolute Gasteiger partial charge is 0.480 e. The number of rotatable bonds is 13. The molecule has 4 amide bonds. The van der Waals surface area contributed by atoms with E-state index >= 15 is 0 Å². The number of carboxylic acids is 1. The summed E-state index contributed by atoms with van der Waals surface area (Å²) in [4.78, 5) is 66.3. The van der Waals surface area contributed by atoms with Gasteiger partial charge in [-0.2, -0.15) is 0 Å². The minimum atomic E-state index is -1.24. The fourth-order valence-electron chi connectivity index (χ4n) is 2.78. The first-order chi connectivity index (χ1) is 14.9. The number of hydrogen-bond donors (Lipinski definition) is 7. The monoisotopic (exact) mass is 453 g/mol. The van der Waals surface area contributed by atoms with Gasteiger partial charge in [0.15, 0.2) is 0 Å². The van der Waals surface area contributed by atoms with Gasteiger partial charge in [-0.15, -0.1) is 0 Å². The molecule has 9 N–H and O–H groups in total. The van der Waals surface area contributed by atoms with E-state index in [1.165, 1.54) is 19.4 Å². The van der Waals surface area contributed by atoms with Crippen molar-refractivity contribution < 1.29 is 29.1 Å². The topological polar surface area (TPSA) is 222 Å². The quantitative estimate of drug-likeness (QED) is 0.172. The summed E-state index contributed by atoms with van der Waals surface area (Å²) in [5.41, 5.74) is 11.1. The van der Waals surface area contributed by atoms with E-state index < -0.39 is 53.8 Å². The van der Waals surface area contributed by atoms with Crippen LogP contribution in [0.15, 0.2) is 12.5 Å². The Kier molecular flexibility index (Phi) is 10.3. The van der Waals surface area contributed by atoms with Crippen LogP contribution in [0, 0.1) is 5.92 Å². The first-order valence-corrected chi connectivity index (χ1v) is 10.1. The average molecular weight is 454 g/mol. The number of carbonyl (C=O) groups excluding carboxylic acids is 4. The SMILES string of the molecule is CC(C)CC(NC(=O)C(C)NC(=O)C(N)CC(N)=O)C(=O)NC(Cc1cnc[nH]1)C(=O)O. The van der Waals surface area contributed by atoms with Crippen LogP contribution in [0.5, 0.6) is 0 Å². The molecule has 13 nitrogen and oxygen atoms in total. The van der Waals surface area contributed by atoms with E-state index in [0.717, 1.165) is 0 Å². The van der Waals surface area contributed by atoms with Gasteiger partial charge in [0.25, 0.3) is 0 Å². The molecule has 1 aromatic heterocycles. The van der Waals surface area contributed by atoms with Crippen LogP contribution in [-0.4, -0.2) is 68.8 Å². The molecule has 0 aliphatic heterocycles. The zero-order chi connectivity index (χ0) is 24.4. The maximum absolute atomic E-state index is 12.8. The molecular weight excluding hydrogens is 422 g/mol. The summed E-state index contributed by atoms with van der Waals surface area (Å²) in [6.45, 7) is 5.05. The van der Waals surface area contributed by atoms with Crippen molar-refractivity contribution in [3.8, 4) is 0 Å². The van der Waals surface area contributed by atoms with Gasteiger partial charge in [-0.25, -0.2) is 9.78 Å². The maximum atomic E-state index is 12.8. The summed E-state index contributed by atoms with van der Waals surface area (Å²) in [6, 6.07) is -4.55. The van der Waals surface area contributed by atoms with Crippen molar-refractivity contribution in [3.63, 3.8) is 0 Å². The summed E-state index contributed by atoms with van der Waals surface area (Å²) in [7, 11) is 0. The Morgan fingerprint density at radius 2 is 1.66 bits per heavy atom. The van der Waals surface area contributed by atoms with Crippen molar-refractivity contribution in [1.82, 2.24) is 25.9 Å². The van der Waals surface area contributed by atoms with Gasteiger partial charge < -0.3 is 37.5 Å². The summed E-state index contributed by atoms with van der Waals surface area (Å²) in [6.07, 6.45) is 2.67. The lowest BCUT2D eigenvalue weighted by Gasteiger charge is -2.24. The van der Waals surface area contributed by atoms with Crippen LogP contribution >= 0.6 is 0 Å². The number of amides is 4. The Hall–Kier alpha value is -3.48. The Morgan fingerprint density at radius 3 is 2.16 bits per heavy atom. The summed E-state index contributed by atoms with van der Waals surface area (Å²) in [5.74, 6) is -4.11. The van der Waals surface area contributed by atoms with E-state index in [-0.39, 0.29) is 25.2 Å². The minimum absolute atomic E-state index is 0.00387. The molecule has 1 heterocycles. The molecule has 4 atom stereocenters. The van der Waals surface area contributed by atoms with E-state index in [9.17, 15) is 29.1 Å². The van der Waals surface area contributed by atoms with Crippen LogP contribution in [0.1, 0.15) is 39.3 Å². The number of carbonyl (C=O) groups is 5. The van der Waals surface area contributed by atoms with Gasteiger partial charge >= 0.3 is 5.97 Å². The van der Waals surface area contributed by atoms with Crippen LogP contribution in [0.4, 0.5) is 0 Å². The zero-order valence-electron chi connectivity index (χ0n) is 18.3. The molecule has 0 aliphatic carbocycles. The first kappa shape index (κ1) is 26.6. The Bertz CT molecular complexity index is 811. The molecule has 32 heavy (non-hydrogen) atoms. The zero-order valence-corrected chi connectivity index (χ0v) is 18.3. The van der Waals surface area contributed by atoms with Gasteiger partial charge in [0.05, 0.1) is 18.8 Å². The van der Waals surface area contributed by atoms with Crippen molar-refractivity contribution >= 4 is 29.6 Å². The lowest BCUT2D eigenvalue weighted by Crippen LogP contribution is -2.57. The van der Waals surface area contributed by atoms with Gasteiger partial charge in [0.1, 0.15) is 18.1 Å². The number of nitrogens with zero attached hydrogens (tertiary/aromatic N) is 1. The number of aliphatic carboxylic acids is 1. The second kappa shape index (κ2) is 12.4. The van der Waals surface area contributed by atoms with Crippen molar-refractivity contribution in [2.24, 2.45) is 17.4 Å². The second-order valence-electron chi connectivity index (χ2n) is 7.88. The van der Waals surface area contributed by atoms with Crippen LogP contribution in [0.25, 0.3) is 0 Å². The van der Waals surface area contributed by atoms with Gasteiger partial charge in [0, 0.05) is 18.3 Å². The van der Waals surface area contributed by atoms with Crippen molar-refractivity contribution in [3.05, 3.63) is 18.2 Å². The van der Waals surface area contributed by atoms with Gasteiger partial charge in [-0.3, -0.25) is 19.2 Å². The Labute approximate surface area is 185 Å². The summed E-state index contributed by atoms with van der Waals surface area (Å²) < 4.78 is 0. The van der Waals surface area contributed by atoms with E-state index in [2.05, 4.69) is 25.9 Å². The van der Waals surface area contributed by atoms with E-state index in [4.69, 9.17) is 11.5 Å². The molecule has 0 saturated carbocycles. The number of aromatic nitrogens is 2. The third-order valence-electron chi connectivity index (χ3n) is 4.44. The van der Waals surface area contributed by atoms with Crippen LogP contribution < -0.4 is 27.4 Å². The molecule has 4 unspecified atom stereocenters. The third-order valence-corrected chi connectivity index (χ3v) is 4.44. The number of hydrogen-bond acceptors (Lipinski definition) is 7. The van der Waals surface area contributed by atoms with E-state index in [1.54, 1.807) is 0 Å². The maximum Gasteiger partial charge on any atom is 0.326 e. The number of H-pyrrole nitrogens is 1. The highest BCUT2D eigenvalue weighted by Crippen LogP contribution is 2.07. The molecular formula is C19H31N7O6. The standard InChI is InChI=1S/C19H31N7O6/c1-9(2)4-13(18(30)26-14(19(31)32)5-11-7-22-8-23-11)25-16(28)10(3)24-17(29)12(20)6-15(21)27/h7-10,12-14H,4-6,20H2,1-3H3,(H2,21,27)(H,22,23)(H,24,29)(H,25,28)(H,26,30)(H,31,32). The number of imidazole rings is 1. The molecule has 0 saturated heterocycles. The van der Waals surface area contributed by atoms with Gasteiger partial charge in [0.2, 0.25) is 23.6 Å². The van der Waals surface area contributed by atoms with Crippen LogP contribution in [0.3, 0.4) is 0 Å². The highest BCUT2D eigenvalue weighted by Gasteiger charge is 2.29. The van der Waals surface area contributed by atoms with Gasteiger partial charge in [-0.05, 0) is 19.3 Å². The number of primary amides is 1. The molecule has 13 heteroatoms. The minimum Gasteiger partial charge on any atom is -0.480 e. The van der Waals surface area contributed by atoms with Crippen molar-refractivity contribution in [2.75, 3.05) is 0 Å². The fourth-order valence-corrected chi connectivity index (χ4v) is 2.78. The molecule has 0 fully saturated rings. The third kappa shape index (κ3) is 9.12. The lowest BCUT2D eigenvalue weighted by atomic mass is 10.0. The number of nitrogens with two attached hydrogens (primary N) is 2. The molecule has 0 aliphatic rings. The van der Waals surface area contributed by atoms with Crippen molar-refractivity contribution in [2.45, 2.75) is 64.2 Å². The highest BCUT2D eigenvalue weighted by atomic mass is 16.4. The predicted molar refractivity (Wildman–Crippen MR) is 113 cm³/mol. The molecule has 178 valence electrons. The fraction of sp³-hybridized carbons (Fsp3) is 0.579. The van der Waals surface area contributed by atoms with Crippen molar-refractivity contribution in [1.29, 1.82) is 0 Å². The average Bonchev–Trinajstić information content (AvgIpc) is 3.18. The molecule has 0 radical (unpaired) electrons. The predicted octanol–water partition coefficient (Wildman–Crippen LogP) is -2.24. The van der Waals surface area contributed by atoms with E-state index in [0.29, 0.717) is 5.69 Å². The molecule has 0 bridgehead atoms. The normalized spacial score (nSPS) is 14.7. The molecule has 1 aromatic rings. The Morgan fingerprint density at radius 1 is 1.03 bits per heavy atom.